The van der Waals surface area contributed by atoms with Crippen LogP contribution in [0.2, 0.25) is 0 Å². The van der Waals surface area contributed by atoms with Crippen LogP contribution < -0.4 is 26.2 Å². The molecule has 0 spiro atoms. The van der Waals surface area contributed by atoms with Crippen molar-refractivity contribution in [2.24, 2.45) is 0 Å². The average Bonchev–Trinajstić information content (AvgIpc) is 1.22. The molecule has 0 amide bonds. The summed E-state index contributed by atoms with van der Waals surface area (Å²) in [6.07, 6.45) is 4.71. The van der Waals surface area contributed by atoms with Crippen LogP contribution >= 0.6 is 0 Å². The van der Waals surface area contributed by atoms with Crippen molar-refractivity contribution in [3.8, 4) is 44.8 Å². The molecule has 2 aliphatic carbocycles. The van der Waals surface area contributed by atoms with Gasteiger partial charge < -0.3 is 18.9 Å². The van der Waals surface area contributed by atoms with Gasteiger partial charge in [0.15, 0.2) is 0 Å². The fourth-order valence-corrected chi connectivity index (χ4v) is 18.7. The summed E-state index contributed by atoms with van der Waals surface area (Å²) in [6, 6.07) is 95.6. The molecular formula is C100H99BN4. The van der Waals surface area contributed by atoms with Gasteiger partial charge >= 0.3 is 0 Å². The van der Waals surface area contributed by atoms with E-state index in [9.17, 15) is 0 Å². The molecule has 18 rings (SSSR count). The standard InChI is InChI=1S/C100H99BN4/c1-94(2,3)68-37-47-88-78(58-68)77-26-20-23-29-87(77)104(88)73-42-46-84-90(59-73)103(72-40-32-63(33-41-72)65-35-44-80-82(55-65)100(16,17)51-49-98(80,12)13)92-61-74(105-85-27-21-18-24-75(85)76-25-19-22-28-86(76)105)60-91-93(92)101(84)83-45-36-66(67-52-69(95(4,5)6)57-70(53-67)96(7,8)9)56-89(83)102(91)71-38-30-62(31-39-71)64-34-43-79-81(54-64)99(14,15)50-48-97(79,10)11/h18-47,52-61H,48-51H2,1-17H3. The first-order valence-corrected chi connectivity index (χ1v) is 38.7. The highest BCUT2D eigenvalue weighted by molar-refractivity contribution is 7.00. The summed E-state index contributed by atoms with van der Waals surface area (Å²) >= 11 is 0. The molecule has 12 aromatic carbocycles. The number of anilines is 6. The summed E-state index contributed by atoms with van der Waals surface area (Å²) < 4.78 is 5.08. The first-order valence-electron chi connectivity index (χ1n) is 38.7. The lowest BCUT2D eigenvalue weighted by Gasteiger charge is -2.45. The fraction of sp³-hybridized carbons (Fsp3) is 0.280. The lowest BCUT2D eigenvalue weighted by molar-refractivity contribution is 0.332. The Bertz CT molecular complexity index is 5840. The van der Waals surface area contributed by atoms with Crippen LogP contribution in [0.1, 0.15) is 182 Å². The van der Waals surface area contributed by atoms with Gasteiger partial charge in [0.1, 0.15) is 0 Å². The molecule has 0 saturated carbocycles. The normalized spacial score (nSPS) is 16.3. The van der Waals surface area contributed by atoms with Gasteiger partial charge in [-0.2, -0.15) is 0 Å². The third kappa shape index (κ3) is 10.7. The summed E-state index contributed by atoms with van der Waals surface area (Å²) in [5, 5.41) is 5.00. The molecule has 0 bridgehead atoms. The van der Waals surface area contributed by atoms with Gasteiger partial charge in [0.25, 0.3) is 6.71 Å². The molecule has 105 heavy (non-hydrogen) atoms. The van der Waals surface area contributed by atoms with Crippen molar-refractivity contribution in [1.29, 1.82) is 0 Å². The van der Waals surface area contributed by atoms with E-state index < -0.39 is 0 Å². The molecule has 0 saturated heterocycles. The molecule has 0 fully saturated rings. The molecule has 5 heteroatoms. The van der Waals surface area contributed by atoms with E-state index in [2.05, 4.69) is 379 Å². The first-order chi connectivity index (χ1) is 49.9. The van der Waals surface area contributed by atoms with Crippen molar-refractivity contribution in [3.05, 3.63) is 282 Å². The number of para-hydroxylation sites is 3. The first kappa shape index (κ1) is 66.8. The molecule has 522 valence electrons. The Labute approximate surface area is 623 Å². The Hall–Kier alpha value is -10.1. The topological polar surface area (TPSA) is 16.3 Å². The molecular weight excluding hydrogens is 1270 g/mol. The maximum atomic E-state index is 2.65. The molecule has 0 radical (unpaired) electrons. The van der Waals surface area contributed by atoms with Crippen molar-refractivity contribution >= 4 is 101 Å². The molecule has 4 heterocycles. The van der Waals surface area contributed by atoms with E-state index in [1.54, 1.807) is 0 Å². The van der Waals surface area contributed by atoms with Gasteiger partial charge in [0.2, 0.25) is 0 Å². The van der Waals surface area contributed by atoms with E-state index in [-0.39, 0.29) is 44.6 Å². The third-order valence-corrected chi connectivity index (χ3v) is 25.3. The zero-order valence-corrected chi connectivity index (χ0v) is 64.8. The van der Waals surface area contributed by atoms with E-state index in [1.807, 2.05) is 0 Å². The minimum absolute atomic E-state index is 0.0177. The monoisotopic (exact) mass is 1370 g/mol. The third-order valence-electron chi connectivity index (χ3n) is 25.3. The number of hydrogen-bond acceptors (Lipinski definition) is 2. The number of nitrogens with zero attached hydrogens (tertiary/aromatic N) is 4. The number of rotatable bonds is 7. The van der Waals surface area contributed by atoms with E-state index in [0.29, 0.717) is 0 Å². The van der Waals surface area contributed by atoms with Crippen LogP contribution in [0.3, 0.4) is 0 Å². The Balaban J connectivity index is 0.926. The molecule has 2 aliphatic heterocycles. The average molecular weight is 1370 g/mol. The van der Waals surface area contributed by atoms with Crippen molar-refractivity contribution in [3.63, 3.8) is 0 Å². The molecule has 4 nitrogen and oxygen atoms in total. The number of benzene rings is 12. The second-order valence-electron chi connectivity index (χ2n) is 37.2. The van der Waals surface area contributed by atoms with Crippen LogP contribution in [-0.4, -0.2) is 15.8 Å². The zero-order chi connectivity index (χ0) is 73.0. The van der Waals surface area contributed by atoms with Crippen LogP contribution in [0.5, 0.6) is 0 Å². The predicted octanol–water partition coefficient (Wildman–Crippen LogP) is 25.6. The van der Waals surface area contributed by atoms with Crippen molar-refractivity contribution in [2.45, 2.75) is 181 Å². The maximum absolute atomic E-state index is 2.65. The zero-order valence-electron chi connectivity index (χ0n) is 64.8. The summed E-state index contributed by atoms with van der Waals surface area (Å²) in [5.74, 6) is 0. The minimum atomic E-state index is -0.161. The Morgan fingerprint density at radius 3 is 1.10 bits per heavy atom. The number of hydrogen-bond donors (Lipinski definition) is 0. The van der Waals surface area contributed by atoms with Gasteiger partial charge in [0.05, 0.1) is 27.8 Å². The minimum Gasteiger partial charge on any atom is -0.311 e. The smallest absolute Gasteiger partial charge is 0.252 e. The Morgan fingerprint density at radius 1 is 0.267 bits per heavy atom. The molecule has 4 aliphatic rings. The fourth-order valence-electron chi connectivity index (χ4n) is 18.7. The van der Waals surface area contributed by atoms with Gasteiger partial charge in [-0.1, -0.05) is 275 Å². The van der Waals surface area contributed by atoms with Crippen LogP contribution in [-0.2, 0) is 37.9 Å². The quantitative estimate of drug-likeness (QED) is 0.148. The highest BCUT2D eigenvalue weighted by Gasteiger charge is 2.46. The maximum Gasteiger partial charge on any atom is 0.252 e. The summed E-state index contributed by atoms with van der Waals surface area (Å²) in [4.78, 5) is 5.29. The molecule has 14 aromatic rings. The Morgan fingerprint density at radius 2 is 0.629 bits per heavy atom. The highest BCUT2D eigenvalue weighted by atomic mass is 15.2. The van der Waals surface area contributed by atoms with Crippen molar-refractivity contribution in [1.82, 2.24) is 9.13 Å². The molecule has 0 unspecified atom stereocenters. The van der Waals surface area contributed by atoms with Crippen LogP contribution in [0.25, 0.3) is 88.4 Å². The van der Waals surface area contributed by atoms with Gasteiger partial charge in [-0.15, -0.1) is 0 Å². The van der Waals surface area contributed by atoms with Crippen molar-refractivity contribution in [2.75, 3.05) is 9.80 Å². The van der Waals surface area contributed by atoms with E-state index in [1.165, 1.54) is 164 Å². The number of fused-ring (bicyclic) bond motifs is 12. The van der Waals surface area contributed by atoms with E-state index in [4.69, 9.17) is 0 Å². The second-order valence-corrected chi connectivity index (χ2v) is 37.2. The van der Waals surface area contributed by atoms with E-state index in [0.717, 1.165) is 39.8 Å². The van der Waals surface area contributed by atoms with E-state index >= 15 is 0 Å². The Kier molecular flexibility index (Phi) is 14.8. The van der Waals surface area contributed by atoms with Gasteiger partial charge in [-0.3, -0.25) is 0 Å². The van der Waals surface area contributed by atoms with Crippen LogP contribution in [0.15, 0.2) is 243 Å². The predicted molar refractivity (Wildman–Crippen MR) is 452 cm³/mol. The van der Waals surface area contributed by atoms with Gasteiger partial charge in [0, 0.05) is 61.4 Å². The molecule has 0 atom stereocenters. The molecule has 0 N–H and O–H groups in total. The number of aromatic nitrogens is 2. The highest BCUT2D eigenvalue weighted by Crippen LogP contribution is 2.53. The van der Waals surface area contributed by atoms with Crippen LogP contribution in [0, 0.1) is 0 Å². The SMILES string of the molecule is CC(C)(C)c1cc(-c2ccc3c(c2)N(c2ccc(-c4ccc5c(c4)C(C)(C)CCC5(C)C)cc2)c2cc(-n4c5ccccc5c5ccccc54)cc4c2B3c2ccc(-n3c5ccccc5c5cc(C(C)(C)C)ccc53)cc2N4c2ccc(-c3ccc4c(c3)C(C)(C)CCC4(C)C)cc2)cc(C(C)(C)C)c1. The second kappa shape index (κ2) is 23.2. The lowest BCUT2D eigenvalue weighted by atomic mass is 9.33. The summed E-state index contributed by atoms with van der Waals surface area (Å²) in [5.41, 5.74) is 35.3. The van der Waals surface area contributed by atoms with Gasteiger partial charge in [-0.05, 0) is 237 Å². The summed E-state index contributed by atoms with van der Waals surface area (Å²) in [6.45, 7) is 40.4. The van der Waals surface area contributed by atoms with Gasteiger partial charge in [-0.25, -0.2) is 0 Å². The largest absolute Gasteiger partial charge is 0.311 e. The van der Waals surface area contributed by atoms with Crippen molar-refractivity contribution < 1.29 is 0 Å². The van der Waals surface area contributed by atoms with Crippen LogP contribution in [0.4, 0.5) is 34.1 Å². The summed E-state index contributed by atoms with van der Waals surface area (Å²) in [7, 11) is 0. The lowest BCUT2D eigenvalue weighted by Crippen LogP contribution is -2.61. The molecule has 2 aromatic heterocycles.